The molecule has 0 aromatic heterocycles. The monoisotopic (exact) mass is 318 g/mol. The van der Waals surface area contributed by atoms with Gasteiger partial charge < -0.3 is 0 Å². The van der Waals surface area contributed by atoms with Gasteiger partial charge in [-0.25, -0.2) is 0 Å². The molecule has 0 saturated heterocycles. The first-order valence-corrected chi connectivity index (χ1v) is 7.05. The van der Waals surface area contributed by atoms with Crippen molar-refractivity contribution in [3.8, 4) is 0 Å². The summed E-state index contributed by atoms with van der Waals surface area (Å²) >= 11 is 17.8. The molecule has 2 rings (SSSR count). The highest BCUT2D eigenvalue weighted by Gasteiger charge is 2.14. The van der Waals surface area contributed by atoms with Crippen molar-refractivity contribution in [1.29, 1.82) is 0 Å². The van der Waals surface area contributed by atoms with E-state index in [1.54, 1.807) is 12.1 Å². The largest absolute Gasteiger partial charge is 0.296 e. The summed E-state index contributed by atoms with van der Waals surface area (Å²) in [6, 6.07) is 3.12. The minimum absolute atomic E-state index is 0.0985. The van der Waals surface area contributed by atoms with Crippen molar-refractivity contribution in [3.05, 3.63) is 39.4 Å². The second-order valence-corrected chi connectivity index (χ2v) is 5.64. The van der Waals surface area contributed by atoms with Crippen molar-refractivity contribution in [2.75, 3.05) is 5.43 Å². The van der Waals surface area contributed by atoms with Crippen LogP contribution in [0.1, 0.15) is 19.3 Å². The van der Waals surface area contributed by atoms with E-state index in [4.69, 9.17) is 34.8 Å². The molecule has 0 spiro atoms. The molecule has 6 heteroatoms. The van der Waals surface area contributed by atoms with Crippen molar-refractivity contribution < 1.29 is 4.79 Å². The summed E-state index contributed by atoms with van der Waals surface area (Å²) in [5.74, 6) is 0.219. The number of carbonyl (C=O) groups excluding carboxylic acids is 1. The Morgan fingerprint density at radius 3 is 2.53 bits per heavy atom. The Morgan fingerprint density at radius 2 is 1.95 bits per heavy atom. The van der Waals surface area contributed by atoms with Gasteiger partial charge in [0, 0.05) is 11.4 Å². The molecule has 1 aliphatic rings. The lowest BCUT2D eigenvalue weighted by Crippen LogP contribution is -2.30. The maximum atomic E-state index is 11.7. The van der Waals surface area contributed by atoms with E-state index in [0.29, 0.717) is 33.1 Å². The highest BCUT2D eigenvalue weighted by molar-refractivity contribution is 6.41. The van der Waals surface area contributed by atoms with E-state index in [1.807, 2.05) is 0 Å². The number of rotatable bonds is 4. The first-order chi connectivity index (χ1) is 9.06. The molecule has 0 bridgehead atoms. The third-order valence-corrected chi connectivity index (χ3v) is 3.71. The third kappa shape index (κ3) is 4.03. The Kier molecular flexibility index (Phi) is 4.97. The number of benzene rings is 1. The molecule has 0 radical (unpaired) electrons. The van der Waals surface area contributed by atoms with E-state index in [-0.39, 0.29) is 5.91 Å². The van der Waals surface area contributed by atoms with E-state index in [2.05, 4.69) is 23.0 Å². The quantitative estimate of drug-likeness (QED) is 0.636. The Morgan fingerprint density at radius 1 is 1.26 bits per heavy atom. The van der Waals surface area contributed by atoms with E-state index >= 15 is 0 Å². The SMILES string of the molecule is O=C(CC1C=CCC1)NNc1c(Cl)cc(Cl)cc1Cl. The molecule has 1 aromatic carbocycles. The number of nitrogens with one attached hydrogen (secondary N) is 2. The summed E-state index contributed by atoms with van der Waals surface area (Å²) in [6.45, 7) is 0. The van der Waals surface area contributed by atoms with Crippen LogP contribution in [0.5, 0.6) is 0 Å². The normalized spacial score (nSPS) is 17.5. The molecule has 0 heterocycles. The Hall–Kier alpha value is -0.900. The first kappa shape index (κ1) is 14.5. The van der Waals surface area contributed by atoms with Crippen LogP contribution in [0.3, 0.4) is 0 Å². The Balaban J connectivity index is 1.91. The molecule has 1 atom stereocenters. The second kappa shape index (κ2) is 6.51. The van der Waals surface area contributed by atoms with Gasteiger partial charge in [-0.05, 0) is 30.9 Å². The van der Waals surface area contributed by atoms with Crippen LogP contribution >= 0.6 is 34.8 Å². The van der Waals surface area contributed by atoms with Gasteiger partial charge in [0.1, 0.15) is 0 Å². The maximum Gasteiger partial charge on any atom is 0.238 e. The van der Waals surface area contributed by atoms with E-state index in [9.17, 15) is 4.79 Å². The molecule has 1 aliphatic carbocycles. The predicted molar refractivity (Wildman–Crippen MR) is 79.7 cm³/mol. The van der Waals surface area contributed by atoms with Crippen LogP contribution in [0.4, 0.5) is 5.69 Å². The average Bonchev–Trinajstić information content (AvgIpc) is 2.80. The molecular weight excluding hydrogens is 307 g/mol. The molecule has 1 unspecified atom stereocenters. The van der Waals surface area contributed by atoms with Crippen LogP contribution in [0.25, 0.3) is 0 Å². The van der Waals surface area contributed by atoms with Crippen molar-refractivity contribution in [2.45, 2.75) is 19.3 Å². The number of hydrogen-bond acceptors (Lipinski definition) is 2. The molecule has 0 aliphatic heterocycles. The molecule has 0 saturated carbocycles. The van der Waals surface area contributed by atoms with Gasteiger partial charge in [-0.2, -0.15) is 0 Å². The van der Waals surface area contributed by atoms with Crippen LogP contribution in [0.15, 0.2) is 24.3 Å². The van der Waals surface area contributed by atoms with Gasteiger partial charge in [-0.15, -0.1) is 0 Å². The number of amides is 1. The topological polar surface area (TPSA) is 41.1 Å². The molecular formula is C13H13Cl3N2O. The summed E-state index contributed by atoms with van der Waals surface area (Å²) < 4.78 is 0. The zero-order chi connectivity index (χ0) is 13.8. The van der Waals surface area contributed by atoms with Crippen molar-refractivity contribution >= 4 is 46.4 Å². The van der Waals surface area contributed by atoms with Crippen molar-refractivity contribution in [2.24, 2.45) is 5.92 Å². The number of carbonyl (C=O) groups is 1. The van der Waals surface area contributed by atoms with Crippen LogP contribution in [0, 0.1) is 5.92 Å². The molecule has 102 valence electrons. The lowest BCUT2D eigenvalue weighted by molar-refractivity contribution is -0.121. The summed E-state index contributed by atoms with van der Waals surface area (Å²) in [4.78, 5) is 11.7. The number of anilines is 1. The van der Waals surface area contributed by atoms with E-state index < -0.39 is 0 Å². The van der Waals surface area contributed by atoms with Gasteiger partial charge in [-0.3, -0.25) is 15.6 Å². The summed E-state index contributed by atoms with van der Waals surface area (Å²) in [7, 11) is 0. The van der Waals surface area contributed by atoms with Gasteiger partial charge in [0.2, 0.25) is 5.91 Å². The Labute approximate surface area is 126 Å². The molecule has 1 aromatic rings. The fourth-order valence-corrected chi connectivity index (χ4v) is 2.86. The van der Waals surface area contributed by atoms with Gasteiger partial charge in [0.15, 0.2) is 0 Å². The van der Waals surface area contributed by atoms with E-state index in [1.165, 1.54) is 0 Å². The number of hydrazine groups is 1. The van der Waals surface area contributed by atoms with Crippen LogP contribution in [-0.4, -0.2) is 5.91 Å². The fraction of sp³-hybridized carbons (Fsp3) is 0.308. The van der Waals surface area contributed by atoms with Crippen LogP contribution in [-0.2, 0) is 4.79 Å². The van der Waals surface area contributed by atoms with Gasteiger partial charge in [-0.1, -0.05) is 47.0 Å². The predicted octanol–water partition coefficient (Wildman–Crippen LogP) is 4.45. The highest BCUT2D eigenvalue weighted by atomic mass is 35.5. The summed E-state index contributed by atoms with van der Waals surface area (Å²) in [5, 5.41) is 1.17. The molecule has 0 fully saturated rings. The zero-order valence-corrected chi connectivity index (χ0v) is 12.3. The number of hydrogen-bond donors (Lipinski definition) is 2. The second-order valence-electron chi connectivity index (χ2n) is 4.39. The maximum absolute atomic E-state index is 11.7. The molecule has 19 heavy (non-hydrogen) atoms. The van der Waals surface area contributed by atoms with Gasteiger partial charge in [0.25, 0.3) is 0 Å². The fourth-order valence-electron chi connectivity index (χ4n) is 1.95. The van der Waals surface area contributed by atoms with Crippen molar-refractivity contribution in [1.82, 2.24) is 5.43 Å². The van der Waals surface area contributed by atoms with E-state index in [0.717, 1.165) is 12.8 Å². The smallest absolute Gasteiger partial charge is 0.238 e. The minimum Gasteiger partial charge on any atom is -0.296 e. The van der Waals surface area contributed by atoms with Crippen LogP contribution in [0.2, 0.25) is 15.1 Å². The lowest BCUT2D eigenvalue weighted by atomic mass is 10.1. The van der Waals surface area contributed by atoms with Crippen LogP contribution < -0.4 is 10.9 Å². The molecule has 2 N–H and O–H groups in total. The average molecular weight is 320 g/mol. The third-order valence-electron chi connectivity index (χ3n) is 2.89. The summed E-state index contributed by atoms with van der Waals surface area (Å²) in [6.07, 6.45) is 6.68. The molecule has 1 amide bonds. The minimum atomic E-state index is -0.0985. The number of halogens is 3. The lowest BCUT2D eigenvalue weighted by Gasteiger charge is -2.13. The molecule has 3 nitrogen and oxygen atoms in total. The first-order valence-electron chi connectivity index (χ1n) is 5.92. The number of allylic oxidation sites excluding steroid dienone is 2. The Bertz CT molecular complexity index is 494. The standard InChI is InChI=1S/C13H13Cl3N2O/c14-9-6-10(15)13(11(16)7-9)18-17-12(19)5-8-3-1-2-4-8/h1,3,6-8,18H,2,4-5H2,(H,17,19). The highest BCUT2D eigenvalue weighted by Crippen LogP contribution is 2.33. The van der Waals surface area contributed by atoms with Gasteiger partial charge >= 0.3 is 0 Å². The zero-order valence-electron chi connectivity index (χ0n) is 10.1. The van der Waals surface area contributed by atoms with Gasteiger partial charge in [0.05, 0.1) is 15.7 Å². The summed E-state index contributed by atoms with van der Waals surface area (Å²) in [5.41, 5.74) is 5.78. The van der Waals surface area contributed by atoms with Crippen molar-refractivity contribution in [3.63, 3.8) is 0 Å².